The monoisotopic (exact) mass is 328 g/mol. The Morgan fingerprint density at radius 2 is 2.17 bits per heavy atom. The lowest BCUT2D eigenvalue weighted by Gasteiger charge is -2.12. The zero-order chi connectivity index (χ0) is 17.1. The van der Waals surface area contributed by atoms with Crippen LogP contribution in [0, 0.1) is 5.82 Å². The predicted molar refractivity (Wildman–Crippen MR) is 88.0 cm³/mol. The van der Waals surface area contributed by atoms with Crippen LogP contribution in [0.3, 0.4) is 0 Å². The quantitative estimate of drug-likeness (QED) is 0.749. The molecule has 3 rings (SSSR count). The molecule has 0 spiro atoms. The number of aromatic carboxylic acids is 1. The van der Waals surface area contributed by atoms with Crippen LogP contribution in [0.25, 0.3) is 10.9 Å². The molecule has 0 saturated heterocycles. The number of carboxylic acids is 1. The Morgan fingerprint density at radius 3 is 2.92 bits per heavy atom. The zero-order valence-corrected chi connectivity index (χ0v) is 13.2. The second-order valence-corrected chi connectivity index (χ2v) is 5.45. The molecule has 2 aromatic carbocycles. The summed E-state index contributed by atoms with van der Waals surface area (Å²) >= 11 is 0. The average molecular weight is 328 g/mol. The van der Waals surface area contributed by atoms with E-state index in [1.165, 1.54) is 24.4 Å². The van der Waals surface area contributed by atoms with Crippen molar-refractivity contribution in [2.45, 2.75) is 19.9 Å². The van der Waals surface area contributed by atoms with Gasteiger partial charge in [0.25, 0.3) is 0 Å². The summed E-state index contributed by atoms with van der Waals surface area (Å²) in [6.45, 7) is 2.84. The van der Waals surface area contributed by atoms with Crippen LogP contribution < -0.4 is 4.74 Å². The molecule has 0 bridgehead atoms. The summed E-state index contributed by atoms with van der Waals surface area (Å²) < 4.78 is 20.9. The van der Waals surface area contributed by atoms with Gasteiger partial charge in [0.1, 0.15) is 11.6 Å². The number of hydrogen-bond acceptors (Lipinski definition) is 3. The van der Waals surface area contributed by atoms with E-state index in [4.69, 9.17) is 4.74 Å². The van der Waals surface area contributed by atoms with E-state index in [9.17, 15) is 14.3 Å². The summed E-state index contributed by atoms with van der Waals surface area (Å²) in [5, 5.41) is 14.1. The number of nitrogens with zero attached hydrogens (tertiary/aromatic N) is 2. The van der Waals surface area contributed by atoms with Crippen molar-refractivity contribution in [2.75, 3.05) is 6.61 Å². The molecule has 0 saturated carbocycles. The first-order valence-corrected chi connectivity index (χ1v) is 7.69. The molecule has 0 unspecified atom stereocenters. The number of fused-ring (bicyclic) bond motifs is 1. The maximum atomic E-state index is 13.6. The van der Waals surface area contributed by atoms with Gasteiger partial charge in [0.2, 0.25) is 0 Å². The van der Waals surface area contributed by atoms with Crippen molar-refractivity contribution in [3.05, 3.63) is 59.5 Å². The molecule has 5 nitrogen and oxygen atoms in total. The first kappa shape index (κ1) is 16.0. The van der Waals surface area contributed by atoms with Crippen molar-refractivity contribution < 1.29 is 19.0 Å². The van der Waals surface area contributed by atoms with Crippen molar-refractivity contribution in [3.8, 4) is 5.75 Å². The molecule has 1 N–H and O–H groups in total. The molecule has 1 aromatic heterocycles. The van der Waals surface area contributed by atoms with Crippen LogP contribution in [0.4, 0.5) is 4.39 Å². The molecule has 0 fully saturated rings. The van der Waals surface area contributed by atoms with E-state index in [0.717, 1.165) is 6.42 Å². The number of ether oxygens (including phenoxy) is 1. The Bertz CT molecular complexity index is 889. The summed E-state index contributed by atoms with van der Waals surface area (Å²) in [7, 11) is 0. The second kappa shape index (κ2) is 6.70. The van der Waals surface area contributed by atoms with Crippen LogP contribution in [0.1, 0.15) is 29.3 Å². The maximum absolute atomic E-state index is 13.6. The van der Waals surface area contributed by atoms with Gasteiger partial charge in [-0.2, -0.15) is 5.10 Å². The first-order valence-electron chi connectivity index (χ1n) is 7.69. The van der Waals surface area contributed by atoms with E-state index >= 15 is 0 Å². The van der Waals surface area contributed by atoms with Gasteiger partial charge in [-0.15, -0.1) is 0 Å². The summed E-state index contributed by atoms with van der Waals surface area (Å²) in [5.74, 6) is -0.745. The highest BCUT2D eigenvalue weighted by Gasteiger charge is 2.14. The molecular formula is C18H17FN2O3. The molecule has 1 heterocycles. The normalized spacial score (nSPS) is 10.9. The van der Waals surface area contributed by atoms with Crippen molar-refractivity contribution in [2.24, 2.45) is 0 Å². The summed E-state index contributed by atoms with van der Waals surface area (Å²) in [6.07, 6.45) is 2.37. The van der Waals surface area contributed by atoms with Crippen LogP contribution in [0.15, 0.2) is 42.6 Å². The fraction of sp³-hybridized carbons (Fsp3) is 0.222. The minimum Gasteiger partial charge on any atom is -0.493 e. The largest absolute Gasteiger partial charge is 0.493 e. The lowest BCUT2D eigenvalue weighted by atomic mass is 10.1. The third kappa shape index (κ3) is 3.08. The Labute approximate surface area is 138 Å². The number of carbonyl (C=O) groups is 1. The van der Waals surface area contributed by atoms with Crippen molar-refractivity contribution >= 4 is 16.9 Å². The molecule has 6 heteroatoms. The lowest BCUT2D eigenvalue weighted by molar-refractivity contribution is 0.0699. The maximum Gasteiger partial charge on any atom is 0.336 e. The number of aromatic nitrogens is 2. The van der Waals surface area contributed by atoms with Gasteiger partial charge in [0.15, 0.2) is 0 Å². The fourth-order valence-corrected chi connectivity index (χ4v) is 2.60. The van der Waals surface area contributed by atoms with Crippen molar-refractivity contribution in [1.29, 1.82) is 0 Å². The van der Waals surface area contributed by atoms with Crippen LogP contribution in [0.5, 0.6) is 5.75 Å². The molecule has 0 aliphatic heterocycles. The number of carboxylic acid groups (broad SMARTS) is 1. The van der Waals surface area contributed by atoms with Gasteiger partial charge in [-0.1, -0.05) is 13.0 Å². The second-order valence-electron chi connectivity index (χ2n) is 5.45. The SMILES string of the molecule is CCCOc1ccc(F)cc1Cn1ncc2c(C(=O)O)cccc21. The number of benzene rings is 2. The standard InChI is InChI=1S/C18H17FN2O3/c1-2-8-24-17-7-6-13(19)9-12(17)11-21-16-5-3-4-14(18(22)23)15(16)10-20-21/h3-7,9-10H,2,8,11H2,1H3,(H,22,23). The van der Waals surface area contributed by atoms with Gasteiger partial charge in [0, 0.05) is 10.9 Å². The van der Waals surface area contributed by atoms with E-state index in [2.05, 4.69) is 5.10 Å². The van der Waals surface area contributed by atoms with E-state index in [1.54, 1.807) is 22.9 Å². The van der Waals surface area contributed by atoms with Gasteiger partial charge >= 0.3 is 5.97 Å². The highest BCUT2D eigenvalue weighted by molar-refractivity contribution is 6.02. The Balaban J connectivity index is 2.00. The van der Waals surface area contributed by atoms with Gasteiger partial charge in [0.05, 0.1) is 30.4 Å². The molecule has 24 heavy (non-hydrogen) atoms. The molecule has 124 valence electrons. The van der Waals surface area contributed by atoms with Crippen LogP contribution in [-0.2, 0) is 6.54 Å². The molecule has 3 aromatic rings. The number of rotatable bonds is 6. The molecular weight excluding hydrogens is 311 g/mol. The van der Waals surface area contributed by atoms with Gasteiger partial charge in [-0.05, 0) is 36.8 Å². The van der Waals surface area contributed by atoms with E-state index in [1.807, 2.05) is 6.92 Å². The molecule has 0 aliphatic carbocycles. The van der Waals surface area contributed by atoms with Gasteiger partial charge < -0.3 is 9.84 Å². The number of halogens is 1. The topological polar surface area (TPSA) is 64.4 Å². The smallest absolute Gasteiger partial charge is 0.336 e. The third-order valence-corrected chi connectivity index (χ3v) is 3.72. The number of hydrogen-bond donors (Lipinski definition) is 1. The minimum atomic E-state index is -1.00. The Hall–Kier alpha value is -2.89. The Morgan fingerprint density at radius 1 is 1.33 bits per heavy atom. The molecule has 0 aliphatic rings. The van der Waals surface area contributed by atoms with E-state index in [0.29, 0.717) is 35.4 Å². The van der Waals surface area contributed by atoms with E-state index < -0.39 is 5.97 Å². The average Bonchev–Trinajstić information content (AvgIpc) is 2.97. The minimum absolute atomic E-state index is 0.195. The third-order valence-electron chi connectivity index (χ3n) is 3.72. The first-order chi connectivity index (χ1) is 11.6. The molecule has 0 radical (unpaired) electrons. The zero-order valence-electron chi connectivity index (χ0n) is 13.2. The van der Waals surface area contributed by atoms with Crippen molar-refractivity contribution in [1.82, 2.24) is 9.78 Å². The van der Waals surface area contributed by atoms with Gasteiger partial charge in [-0.25, -0.2) is 9.18 Å². The summed E-state index contributed by atoms with van der Waals surface area (Å²) in [4.78, 5) is 11.3. The molecule has 0 atom stereocenters. The summed E-state index contributed by atoms with van der Waals surface area (Å²) in [6, 6.07) is 9.38. The highest BCUT2D eigenvalue weighted by Crippen LogP contribution is 2.24. The highest BCUT2D eigenvalue weighted by atomic mass is 19.1. The predicted octanol–water partition coefficient (Wildman–Crippen LogP) is 3.71. The van der Waals surface area contributed by atoms with Crippen LogP contribution in [-0.4, -0.2) is 27.5 Å². The van der Waals surface area contributed by atoms with Crippen LogP contribution >= 0.6 is 0 Å². The lowest BCUT2D eigenvalue weighted by Crippen LogP contribution is -2.06. The fourth-order valence-electron chi connectivity index (χ4n) is 2.60. The van der Waals surface area contributed by atoms with E-state index in [-0.39, 0.29) is 11.4 Å². The Kier molecular flexibility index (Phi) is 4.46. The molecule has 0 amide bonds. The van der Waals surface area contributed by atoms with Gasteiger partial charge in [-0.3, -0.25) is 4.68 Å². The summed E-state index contributed by atoms with van der Waals surface area (Å²) in [5.41, 5.74) is 1.54. The van der Waals surface area contributed by atoms with Crippen molar-refractivity contribution in [3.63, 3.8) is 0 Å². The van der Waals surface area contributed by atoms with Crippen LogP contribution in [0.2, 0.25) is 0 Å².